The Morgan fingerprint density at radius 1 is 1.05 bits per heavy atom. The molecular weight excluding hydrogens is 274 g/mol. The van der Waals surface area contributed by atoms with Crippen LogP contribution in [-0.2, 0) is 0 Å². The van der Waals surface area contributed by atoms with E-state index in [9.17, 15) is 9.90 Å². The minimum atomic E-state index is -0.960. The van der Waals surface area contributed by atoms with Crippen molar-refractivity contribution in [2.24, 2.45) is 0 Å². The van der Waals surface area contributed by atoms with Crippen molar-refractivity contribution in [2.75, 3.05) is 0 Å². The highest BCUT2D eigenvalue weighted by Crippen LogP contribution is 2.28. The van der Waals surface area contributed by atoms with E-state index in [2.05, 4.69) is 4.98 Å². The first-order valence-corrected chi connectivity index (χ1v) is 6.40. The SMILES string of the molecule is O=C(O)c1ccncc1-c1ccc2cc(Cl)ccc2c1. The summed E-state index contributed by atoms with van der Waals surface area (Å²) in [6, 6.07) is 12.9. The number of benzene rings is 2. The van der Waals surface area contributed by atoms with Gasteiger partial charge in [0.25, 0.3) is 0 Å². The summed E-state index contributed by atoms with van der Waals surface area (Å²) >= 11 is 5.95. The van der Waals surface area contributed by atoms with E-state index in [0.717, 1.165) is 16.3 Å². The second-order valence-corrected chi connectivity index (χ2v) is 4.87. The van der Waals surface area contributed by atoms with E-state index in [1.54, 1.807) is 6.20 Å². The van der Waals surface area contributed by atoms with Crippen molar-refractivity contribution in [3.63, 3.8) is 0 Å². The monoisotopic (exact) mass is 283 g/mol. The number of carboxylic acids is 1. The topological polar surface area (TPSA) is 50.2 Å². The standard InChI is InChI=1S/C16H10ClNO2/c17-13-4-3-10-7-12(2-1-11(10)8-13)15-9-18-6-5-14(15)16(19)20/h1-9H,(H,19,20). The minimum Gasteiger partial charge on any atom is -0.478 e. The number of nitrogens with zero attached hydrogens (tertiary/aromatic N) is 1. The molecule has 0 atom stereocenters. The van der Waals surface area contributed by atoms with Gasteiger partial charge in [-0.2, -0.15) is 0 Å². The van der Waals surface area contributed by atoms with Crippen LogP contribution in [0.3, 0.4) is 0 Å². The van der Waals surface area contributed by atoms with Crippen molar-refractivity contribution in [3.8, 4) is 11.1 Å². The normalized spacial score (nSPS) is 10.7. The maximum atomic E-state index is 11.3. The fraction of sp³-hybridized carbons (Fsp3) is 0. The van der Waals surface area contributed by atoms with Crippen molar-refractivity contribution < 1.29 is 9.90 Å². The Kier molecular flexibility index (Phi) is 3.12. The summed E-state index contributed by atoms with van der Waals surface area (Å²) in [5, 5.41) is 11.9. The average Bonchev–Trinajstić information content (AvgIpc) is 2.46. The quantitative estimate of drug-likeness (QED) is 0.765. The van der Waals surface area contributed by atoms with Gasteiger partial charge >= 0.3 is 5.97 Å². The van der Waals surface area contributed by atoms with Crippen molar-refractivity contribution in [3.05, 3.63) is 65.4 Å². The van der Waals surface area contributed by atoms with Gasteiger partial charge in [0.1, 0.15) is 0 Å². The highest BCUT2D eigenvalue weighted by Gasteiger charge is 2.11. The smallest absolute Gasteiger partial charge is 0.336 e. The van der Waals surface area contributed by atoms with Gasteiger partial charge in [0.15, 0.2) is 0 Å². The lowest BCUT2D eigenvalue weighted by atomic mass is 9.99. The zero-order chi connectivity index (χ0) is 14.1. The molecule has 0 fully saturated rings. The van der Waals surface area contributed by atoms with E-state index < -0.39 is 5.97 Å². The Bertz CT molecular complexity index is 814. The number of carbonyl (C=O) groups is 1. The summed E-state index contributed by atoms with van der Waals surface area (Å²) in [4.78, 5) is 15.3. The molecule has 1 heterocycles. The lowest BCUT2D eigenvalue weighted by molar-refractivity contribution is 0.0697. The molecule has 0 unspecified atom stereocenters. The van der Waals surface area contributed by atoms with Gasteiger partial charge in [0, 0.05) is 23.0 Å². The zero-order valence-corrected chi connectivity index (χ0v) is 11.1. The molecule has 0 bridgehead atoms. The number of fused-ring (bicyclic) bond motifs is 1. The van der Waals surface area contributed by atoms with Gasteiger partial charge in [0.2, 0.25) is 0 Å². The van der Waals surface area contributed by atoms with Crippen LogP contribution in [0, 0.1) is 0 Å². The van der Waals surface area contributed by atoms with Gasteiger partial charge in [0.05, 0.1) is 5.56 Å². The molecule has 0 saturated heterocycles. The van der Waals surface area contributed by atoms with Crippen LogP contribution in [0.1, 0.15) is 10.4 Å². The molecule has 0 radical (unpaired) electrons. The fourth-order valence-corrected chi connectivity index (χ4v) is 2.38. The second kappa shape index (κ2) is 4.94. The Hall–Kier alpha value is -2.39. The first-order valence-electron chi connectivity index (χ1n) is 6.02. The number of aromatic nitrogens is 1. The van der Waals surface area contributed by atoms with Gasteiger partial charge in [-0.25, -0.2) is 4.79 Å². The Balaban J connectivity index is 2.20. The molecule has 2 aromatic carbocycles. The molecule has 0 saturated carbocycles. The minimum absolute atomic E-state index is 0.244. The molecule has 3 nitrogen and oxygen atoms in total. The van der Waals surface area contributed by atoms with E-state index in [-0.39, 0.29) is 5.56 Å². The average molecular weight is 284 g/mol. The highest BCUT2D eigenvalue weighted by atomic mass is 35.5. The molecular formula is C16H10ClNO2. The Labute approximate surface area is 120 Å². The van der Waals surface area contributed by atoms with Crippen molar-refractivity contribution in [1.82, 2.24) is 4.98 Å². The van der Waals surface area contributed by atoms with Crippen LogP contribution in [0.4, 0.5) is 0 Å². The number of carboxylic acid groups (broad SMARTS) is 1. The molecule has 3 aromatic rings. The van der Waals surface area contributed by atoms with Gasteiger partial charge < -0.3 is 5.11 Å². The largest absolute Gasteiger partial charge is 0.478 e. The van der Waals surface area contributed by atoms with Gasteiger partial charge in [-0.1, -0.05) is 29.8 Å². The molecule has 0 amide bonds. The number of hydrogen-bond acceptors (Lipinski definition) is 2. The third-order valence-corrected chi connectivity index (χ3v) is 3.40. The number of hydrogen-bond donors (Lipinski definition) is 1. The molecule has 4 heteroatoms. The van der Waals surface area contributed by atoms with Crippen LogP contribution in [0.15, 0.2) is 54.9 Å². The summed E-state index contributed by atoms with van der Waals surface area (Å²) < 4.78 is 0. The van der Waals surface area contributed by atoms with Gasteiger partial charge in [-0.15, -0.1) is 0 Å². The summed E-state index contributed by atoms with van der Waals surface area (Å²) in [6.07, 6.45) is 3.05. The van der Waals surface area contributed by atoms with Crippen molar-refractivity contribution in [1.29, 1.82) is 0 Å². The molecule has 0 aliphatic heterocycles. The maximum absolute atomic E-state index is 11.3. The number of pyridine rings is 1. The molecule has 0 aliphatic carbocycles. The first kappa shape index (κ1) is 12.6. The number of rotatable bonds is 2. The molecule has 1 aromatic heterocycles. The fourth-order valence-electron chi connectivity index (χ4n) is 2.20. The zero-order valence-electron chi connectivity index (χ0n) is 10.4. The van der Waals surface area contributed by atoms with E-state index in [0.29, 0.717) is 10.6 Å². The molecule has 1 N–H and O–H groups in total. The second-order valence-electron chi connectivity index (χ2n) is 4.43. The summed E-state index contributed by atoms with van der Waals surface area (Å²) in [5.74, 6) is -0.960. The predicted molar refractivity (Wildman–Crippen MR) is 79.1 cm³/mol. The van der Waals surface area contributed by atoms with Crippen molar-refractivity contribution in [2.45, 2.75) is 0 Å². The summed E-state index contributed by atoms with van der Waals surface area (Å²) in [5.41, 5.74) is 1.68. The Morgan fingerprint density at radius 2 is 1.80 bits per heavy atom. The first-order chi connectivity index (χ1) is 9.65. The van der Waals surface area contributed by atoms with Crippen LogP contribution >= 0.6 is 11.6 Å². The van der Waals surface area contributed by atoms with Gasteiger partial charge in [-0.3, -0.25) is 4.98 Å². The van der Waals surface area contributed by atoms with Crippen LogP contribution < -0.4 is 0 Å². The molecule has 98 valence electrons. The van der Waals surface area contributed by atoms with Crippen LogP contribution in [-0.4, -0.2) is 16.1 Å². The van der Waals surface area contributed by atoms with E-state index in [1.807, 2.05) is 36.4 Å². The third-order valence-electron chi connectivity index (χ3n) is 3.16. The third kappa shape index (κ3) is 2.24. The lowest BCUT2D eigenvalue weighted by Crippen LogP contribution is -1.99. The van der Waals surface area contributed by atoms with Crippen LogP contribution in [0.25, 0.3) is 21.9 Å². The molecule has 3 rings (SSSR count). The Morgan fingerprint density at radius 3 is 2.60 bits per heavy atom. The van der Waals surface area contributed by atoms with Crippen LogP contribution in [0.5, 0.6) is 0 Å². The number of halogens is 1. The van der Waals surface area contributed by atoms with Gasteiger partial charge in [-0.05, 0) is 40.6 Å². The molecule has 0 aliphatic rings. The van der Waals surface area contributed by atoms with E-state index >= 15 is 0 Å². The highest BCUT2D eigenvalue weighted by molar-refractivity contribution is 6.31. The van der Waals surface area contributed by atoms with E-state index in [4.69, 9.17) is 11.6 Å². The van der Waals surface area contributed by atoms with E-state index in [1.165, 1.54) is 12.3 Å². The number of aromatic carboxylic acids is 1. The summed E-state index contributed by atoms with van der Waals surface area (Å²) in [6.45, 7) is 0. The van der Waals surface area contributed by atoms with Crippen LogP contribution in [0.2, 0.25) is 5.02 Å². The van der Waals surface area contributed by atoms with Crippen molar-refractivity contribution >= 4 is 28.3 Å². The predicted octanol–water partition coefficient (Wildman–Crippen LogP) is 4.25. The lowest BCUT2D eigenvalue weighted by Gasteiger charge is -2.07. The summed E-state index contributed by atoms with van der Waals surface area (Å²) in [7, 11) is 0. The molecule has 0 spiro atoms. The molecule has 20 heavy (non-hydrogen) atoms. The maximum Gasteiger partial charge on any atom is 0.336 e.